The molecule has 0 saturated heterocycles. The zero-order valence-electron chi connectivity index (χ0n) is 6.61. The Bertz CT molecular complexity index is 410. The molecular formula is C8H8N2OS. The first-order valence-electron chi connectivity index (χ1n) is 3.73. The maximum Gasteiger partial charge on any atom is 0.155 e. The van der Waals surface area contributed by atoms with E-state index in [0.717, 1.165) is 22.2 Å². The number of aryl methyl sites for hydroxylation is 1. The minimum Gasteiger partial charge on any atom is -0.505 e. The minimum absolute atomic E-state index is 0.227. The van der Waals surface area contributed by atoms with Gasteiger partial charge in [-0.2, -0.15) is 5.10 Å². The number of hydrogen-bond donors (Lipinski definition) is 1. The average molecular weight is 180 g/mol. The van der Waals surface area contributed by atoms with Crippen LogP contribution in [-0.2, 0) is 6.42 Å². The van der Waals surface area contributed by atoms with Gasteiger partial charge in [-0.25, -0.2) is 0 Å². The normalized spacial score (nSPS) is 10.8. The maximum atomic E-state index is 9.39. The molecule has 2 heterocycles. The summed E-state index contributed by atoms with van der Waals surface area (Å²) in [4.78, 5) is 0. The van der Waals surface area contributed by atoms with Crippen molar-refractivity contribution >= 4 is 21.6 Å². The maximum absolute atomic E-state index is 9.39. The molecule has 4 heteroatoms. The molecule has 0 atom stereocenters. The Morgan fingerprint density at radius 1 is 1.58 bits per heavy atom. The van der Waals surface area contributed by atoms with E-state index in [1.54, 1.807) is 0 Å². The second-order valence-corrected chi connectivity index (χ2v) is 3.40. The summed E-state index contributed by atoms with van der Waals surface area (Å²) in [5.41, 5.74) is 1.99. The van der Waals surface area contributed by atoms with Gasteiger partial charge < -0.3 is 5.11 Å². The SMILES string of the molecule is CCc1csc2c(O)cnnc12. The average Bonchev–Trinajstić information content (AvgIpc) is 2.49. The standard InChI is InChI=1S/C8H8N2OS/c1-2-5-4-12-8-6(11)3-9-10-7(5)8/h3-4H,2H2,1H3,(H,10,11). The van der Waals surface area contributed by atoms with Crippen molar-refractivity contribution in [2.45, 2.75) is 13.3 Å². The van der Waals surface area contributed by atoms with Gasteiger partial charge in [0, 0.05) is 0 Å². The van der Waals surface area contributed by atoms with Gasteiger partial charge in [0.2, 0.25) is 0 Å². The fourth-order valence-electron chi connectivity index (χ4n) is 1.13. The number of hydrogen-bond acceptors (Lipinski definition) is 4. The molecule has 0 amide bonds. The molecule has 0 aliphatic heterocycles. The predicted octanol–water partition coefficient (Wildman–Crippen LogP) is 1.96. The largest absolute Gasteiger partial charge is 0.505 e. The van der Waals surface area contributed by atoms with Crippen molar-refractivity contribution in [2.75, 3.05) is 0 Å². The van der Waals surface area contributed by atoms with Crippen LogP contribution in [0.5, 0.6) is 5.75 Å². The molecule has 0 unspecified atom stereocenters. The van der Waals surface area contributed by atoms with E-state index in [1.807, 2.05) is 5.38 Å². The summed E-state index contributed by atoms with van der Waals surface area (Å²) in [5, 5.41) is 19.1. The van der Waals surface area contributed by atoms with Crippen LogP contribution < -0.4 is 0 Å². The molecule has 0 bridgehead atoms. The Kier molecular flexibility index (Phi) is 1.69. The van der Waals surface area contributed by atoms with Crippen LogP contribution in [-0.4, -0.2) is 15.3 Å². The van der Waals surface area contributed by atoms with Crippen molar-refractivity contribution in [2.24, 2.45) is 0 Å². The molecule has 0 aliphatic carbocycles. The Morgan fingerprint density at radius 3 is 3.17 bits per heavy atom. The number of fused-ring (bicyclic) bond motifs is 1. The number of thiophene rings is 1. The first kappa shape index (κ1) is 7.49. The van der Waals surface area contributed by atoms with Gasteiger partial charge >= 0.3 is 0 Å². The highest BCUT2D eigenvalue weighted by molar-refractivity contribution is 7.17. The van der Waals surface area contributed by atoms with E-state index in [0.29, 0.717) is 0 Å². The van der Waals surface area contributed by atoms with Crippen molar-refractivity contribution in [3.05, 3.63) is 17.1 Å². The van der Waals surface area contributed by atoms with Gasteiger partial charge in [0.05, 0.1) is 10.9 Å². The molecule has 2 aromatic rings. The smallest absolute Gasteiger partial charge is 0.155 e. The van der Waals surface area contributed by atoms with Gasteiger partial charge in [-0.15, -0.1) is 16.4 Å². The van der Waals surface area contributed by atoms with Gasteiger partial charge in [-0.3, -0.25) is 0 Å². The summed E-state index contributed by atoms with van der Waals surface area (Å²) < 4.78 is 0.835. The zero-order valence-corrected chi connectivity index (χ0v) is 7.43. The molecule has 1 N–H and O–H groups in total. The number of aromatic hydroxyl groups is 1. The molecular weight excluding hydrogens is 172 g/mol. The molecule has 3 nitrogen and oxygen atoms in total. The first-order chi connectivity index (χ1) is 5.83. The third-order valence-electron chi connectivity index (χ3n) is 1.79. The van der Waals surface area contributed by atoms with Crippen molar-refractivity contribution in [3.63, 3.8) is 0 Å². The lowest BCUT2D eigenvalue weighted by molar-refractivity contribution is 0.478. The topological polar surface area (TPSA) is 46.0 Å². The zero-order chi connectivity index (χ0) is 8.55. The van der Waals surface area contributed by atoms with Gasteiger partial charge in [0.1, 0.15) is 5.52 Å². The van der Waals surface area contributed by atoms with E-state index in [4.69, 9.17) is 0 Å². The summed E-state index contributed by atoms with van der Waals surface area (Å²) in [7, 11) is 0. The van der Waals surface area contributed by atoms with E-state index in [-0.39, 0.29) is 5.75 Å². The van der Waals surface area contributed by atoms with Crippen molar-refractivity contribution in [1.82, 2.24) is 10.2 Å². The molecule has 0 spiro atoms. The number of aromatic nitrogens is 2. The Hall–Kier alpha value is -1.16. The minimum atomic E-state index is 0.227. The van der Waals surface area contributed by atoms with Gasteiger partial charge in [0.25, 0.3) is 0 Å². The summed E-state index contributed by atoms with van der Waals surface area (Å²) in [6.45, 7) is 2.06. The van der Waals surface area contributed by atoms with Crippen LogP contribution in [0.15, 0.2) is 11.6 Å². The number of nitrogens with zero attached hydrogens (tertiary/aromatic N) is 2. The molecule has 2 aromatic heterocycles. The van der Waals surface area contributed by atoms with Crippen LogP contribution in [0.25, 0.3) is 10.2 Å². The van der Waals surface area contributed by atoms with Gasteiger partial charge in [-0.05, 0) is 17.4 Å². The quantitative estimate of drug-likeness (QED) is 0.729. The van der Waals surface area contributed by atoms with Crippen molar-refractivity contribution in [3.8, 4) is 5.75 Å². The fourth-order valence-corrected chi connectivity index (χ4v) is 2.12. The third-order valence-corrected chi connectivity index (χ3v) is 2.83. The highest BCUT2D eigenvalue weighted by Gasteiger charge is 2.07. The number of rotatable bonds is 1. The summed E-state index contributed by atoms with van der Waals surface area (Å²) >= 11 is 1.51. The van der Waals surface area contributed by atoms with Gasteiger partial charge in [0.15, 0.2) is 5.75 Å². The molecule has 62 valence electrons. The second-order valence-electron chi connectivity index (χ2n) is 2.52. The van der Waals surface area contributed by atoms with Crippen LogP contribution in [0.1, 0.15) is 12.5 Å². The Morgan fingerprint density at radius 2 is 2.42 bits per heavy atom. The lowest BCUT2D eigenvalue weighted by Crippen LogP contribution is -1.83. The van der Waals surface area contributed by atoms with Crippen LogP contribution in [0, 0.1) is 0 Å². The fraction of sp³-hybridized carbons (Fsp3) is 0.250. The molecule has 0 aromatic carbocycles. The van der Waals surface area contributed by atoms with Gasteiger partial charge in [-0.1, -0.05) is 6.92 Å². The Labute approximate surface area is 73.7 Å². The third kappa shape index (κ3) is 0.956. The van der Waals surface area contributed by atoms with Crippen molar-refractivity contribution < 1.29 is 5.11 Å². The summed E-state index contributed by atoms with van der Waals surface area (Å²) in [6, 6.07) is 0. The van der Waals surface area contributed by atoms with E-state index >= 15 is 0 Å². The lowest BCUT2D eigenvalue weighted by Gasteiger charge is -1.92. The highest BCUT2D eigenvalue weighted by atomic mass is 32.1. The first-order valence-corrected chi connectivity index (χ1v) is 4.61. The van der Waals surface area contributed by atoms with Crippen LogP contribution >= 0.6 is 11.3 Å². The molecule has 0 radical (unpaired) electrons. The van der Waals surface area contributed by atoms with Crippen molar-refractivity contribution in [1.29, 1.82) is 0 Å². The van der Waals surface area contributed by atoms with Crippen LogP contribution in [0.4, 0.5) is 0 Å². The predicted molar refractivity (Wildman–Crippen MR) is 48.5 cm³/mol. The monoisotopic (exact) mass is 180 g/mol. The lowest BCUT2D eigenvalue weighted by atomic mass is 10.2. The van der Waals surface area contributed by atoms with E-state index in [2.05, 4.69) is 17.1 Å². The Balaban J connectivity index is 2.80. The molecule has 0 aliphatic rings. The van der Waals surface area contributed by atoms with E-state index < -0.39 is 0 Å². The van der Waals surface area contributed by atoms with E-state index in [9.17, 15) is 5.11 Å². The summed E-state index contributed by atoms with van der Waals surface area (Å²) in [5.74, 6) is 0.227. The molecule has 2 rings (SSSR count). The highest BCUT2D eigenvalue weighted by Crippen LogP contribution is 2.30. The molecule has 12 heavy (non-hydrogen) atoms. The summed E-state index contributed by atoms with van der Waals surface area (Å²) in [6.07, 6.45) is 2.30. The van der Waals surface area contributed by atoms with Crippen LogP contribution in [0.3, 0.4) is 0 Å². The van der Waals surface area contributed by atoms with Crippen LogP contribution in [0.2, 0.25) is 0 Å². The van der Waals surface area contributed by atoms with E-state index in [1.165, 1.54) is 17.5 Å². The molecule has 0 fully saturated rings. The molecule has 0 saturated carbocycles. The second kappa shape index (κ2) is 2.71.